The Bertz CT molecular complexity index is 478. The lowest BCUT2D eigenvalue weighted by atomic mass is 10.2. The topological polar surface area (TPSA) is 96.6 Å². The highest BCUT2D eigenvalue weighted by Crippen LogP contribution is 2.35. The van der Waals surface area contributed by atoms with Crippen molar-refractivity contribution in [1.29, 1.82) is 0 Å². The summed E-state index contributed by atoms with van der Waals surface area (Å²) >= 11 is 3.17. The lowest BCUT2D eigenvalue weighted by Gasteiger charge is -2.27. The zero-order chi connectivity index (χ0) is 13.9. The van der Waals surface area contributed by atoms with Gasteiger partial charge in [0.05, 0.1) is 9.40 Å². The predicted molar refractivity (Wildman–Crippen MR) is 68.7 cm³/mol. The SMILES string of the molecule is CC(C)N(CC(=O)O)c1c(Br)cncc1[N+](=O)[O-]. The molecular weight excluding hydrogens is 306 g/mol. The molecule has 0 bridgehead atoms. The van der Waals surface area contributed by atoms with Gasteiger partial charge in [-0.05, 0) is 29.8 Å². The summed E-state index contributed by atoms with van der Waals surface area (Å²) in [5, 5.41) is 19.8. The number of carboxylic acid groups (broad SMARTS) is 1. The fourth-order valence-electron chi connectivity index (χ4n) is 1.50. The molecule has 1 aromatic heterocycles. The summed E-state index contributed by atoms with van der Waals surface area (Å²) in [4.78, 5) is 26.4. The molecule has 1 N–H and O–H groups in total. The molecule has 1 rings (SSSR count). The van der Waals surface area contributed by atoms with Crippen molar-refractivity contribution in [2.75, 3.05) is 11.4 Å². The zero-order valence-electron chi connectivity index (χ0n) is 9.83. The lowest BCUT2D eigenvalue weighted by molar-refractivity contribution is -0.384. The van der Waals surface area contributed by atoms with Gasteiger partial charge in [0.15, 0.2) is 0 Å². The van der Waals surface area contributed by atoms with E-state index in [1.54, 1.807) is 13.8 Å². The van der Waals surface area contributed by atoms with Gasteiger partial charge in [-0.2, -0.15) is 0 Å². The molecule has 0 saturated heterocycles. The molecule has 0 saturated carbocycles. The van der Waals surface area contributed by atoms with E-state index in [4.69, 9.17) is 5.11 Å². The fourth-order valence-corrected chi connectivity index (χ4v) is 2.05. The number of hydrogen-bond acceptors (Lipinski definition) is 5. The second kappa shape index (κ2) is 5.76. The monoisotopic (exact) mass is 317 g/mol. The van der Waals surface area contributed by atoms with E-state index >= 15 is 0 Å². The number of carbonyl (C=O) groups is 1. The number of anilines is 1. The van der Waals surface area contributed by atoms with Crippen molar-refractivity contribution in [3.63, 3.8) is 0 Å². The van der Waals surface area contributed by atoms with Gasteiger partial charge in [-0.15, -0.1) is 0 Å². The molecule has 0 unspecified atom stereocenters. The van der Waals surface area contributed by atoms with Gasteiger partial charge in [0.1, 0.15) is 18.4 Å². The molecule has 8 heteroatoms. The molecule has 0 aromatic carbocycles. The molecule has 0 aliphatic carbocycles. The van der Waals surface area contributed by atoms with Gasteiger partial charge in [0, 0.05) is 12.2 Å². The second-order valence-corrected chi connectivity index (χ2v) is 4.72. The Hall–Kier alpha value is -1.70. The number of halogens is 1. The van der Waals surface area contributed by atoms with Crippen molar-refractivity contribution >= 4 is 33.3 Å². The summed E-state index contributed by atoms with van der Waals surface area (Å²) in [5.41, 5.74) is 0.00623. The molecule has 0 spiro atoms. The Kier molecular flexibility index (Phi) is 4.60. The van der Waals surface area contributed by atoms with Gasteiger partial charge in [0.2, 0.25) is 0 Å². The van der Waals surface area contributed by atoms with Crippen LogP contribution in [0.2, 0.25) is 0 Å². The average molecular weight is 318 g/mol. The van der Waals surface area contributed by atoms with Crippen LogP contribution in [-0.2, 0) is 4.79 Å². The van der Waals surface area contributed by atoms with Crippen molar-refractivity contribution in [3.05, 3.63) is 27.0 Å². The van der Waals surface area contributed by atoms with Crippen LogP contribution in [-0.4, -0.2) is 33.6 Å². The maximum absolute atomic E-state index is 11.0. The molecule has 0 radical (unpaired) electrons. The van der Waals surface area contributed by atoms with E-state index in [0.29, 0.717) is 4.47 Å². The van der Waals surface area contributed by atoms with E-state index in [1.807, 2.05) is 0 Å². The standard InChI is InChI=1S/C10H12BrN3O4/c1-6(2)13(5-9(15)16)10-7(11)3-12-4-8(10)14(17)18/h3-4,6H,5H2,1-2H3,(H,15,16). The number of nitro groups is 1. The summed E-state index contributed by atoms with van der Waals surface area (Å²) in [7, 11) is 0. The third-order valence-electron chi connectivity index (χ3n) is 2.27. The van der Waals surface area contributed by atoms with Gasteiger partial charge < -0.3 is 10.0 Å². The Morgan fingerprint density at radius 3 is 2.67 bits per heavy atom. The van der Waals surface area contributed by atoms with Crippen molar-refractivity contribution in [2.45, 2.75) is 19.9 Å². The molecule has 7 nitrogen and oxygen atoms in total. The second-order valence-electron chi connectivity index (χ2n) is 3.86. The van der Waals surface area contributed by atoms with Crippen molar-refractivity contribution < 1.29 is 14.8 Å². The van der Waals surface area contributed by atoms with Crippen LogP contribution >= 0.6 is 15.9 Å². The highest BCUT2D eigenvalue weighted by Gasteiger charge is 2.26. The summed E-state index contributed by atoms with van der Waals surface area (Å²) in [6.07, 6.45) is 2.51. The number of aromatic nitrogens is 1. The van der Waals surface area contributed by atoms with Crippen LogP contribution in [0, 0.1) is 10.1 Å². The number of carboxylic acids is 1. The molecule has 1 heterocycles. The van der Waals surface area contributed by atoms with Crippen LogP contribution in [0.5, 0.6) is 0 Å². The molecule has 0 amide bonds. The number of pyridine rings is 1. The van der Waals surface area contributed by atoms with Crippen LogP contribution in [0.25, 0.3) is 0 Å². The summed E-state index contributed by atoms with van der Waals surface area (Å²) in [6, 6.07) is -0.196. The average Bonchev–Trinajstić information content (AvgIpc) is 2.25. The first-order valence-electron chi connectivity index (χ1n) is 5.11. The van der Waals surface area contributed by atoms with Crippen molar-refractivity contribution in [2.24, 2.45) is 0 Å². The molecule has 0 aliphatic rings. The van der Waals surface area contributed by atoms with E-state index in [9.17, 15) is 14.9 Å². The molecule has 0 aliphatic heterocycles. The molecule has 0 fully saturated rings. The van der Waals surface area contributed by atoms with Crippen molar-refractivity contribution in [3.8, 4) is 0 Å². The van der Waals surface area contributed by atoms with Gasteiger partial charge in [0.25, 0.3) is 0 Å². The Morgan fingerprint density at radius 1 is 1.61 bits per heavy atom. The predicted octanol–water partition coefficient (Wildman–Crippen LogP) is 2.05. The molecule has 0 atom stereocenters. The highest BCUT2D eigenvalue weighted by atomic mass is 79.9. The van der Waals surface area contributed by atoms with E-state index in [0.717, 1.165) is 6.20 Å². The lowest BCUT2D eigenvalue weighted by Crippen LogP contribution is -2.36. The maximum Gasteiger partial charge on any atom is 0.323 e. The van der Waals surface area contributed by atoms with Crippen LogP contribution in [0.15, 0.2) is 16.9 Å². The number of nitrogens with zero attached hydrogens (tertiary/aromatic N) is 3. The maximum atomic E-state index is 11.0. The summed E-state index contributed by atoms with van der Waals surface area (Å²) in [6.45, 7) is 3.21. The normalized spacial score (nSPS) is 10.4. The van der Waals surface area contributed by atoms with E-state index in [2.05, 4.69) is 20.9 Å². The Balaban J connectivity index is 3.34. The minimum Gasteiger partial charge on any atom is -0.480 e. The summed E-state index contributed by atoms with van der Waals surface area (Å²) in [5.74, 6) is -1.05. The van der Waals surface area contributed by atoms with Crippen LogP contribution in [0.3, 0.4) is 0 Å². The third-order valence-corrected chi connectivity index (χ3v) is 2.85. The third kappa shape index (κ3) is 3.16. The first-order valence-corrected chi connectivity index (χ1v) is 5.90. The fraction of sp³-hybridized carbons (Fsp3) is 0.400. The molecule has 1 aromatic rings. The van der Waals surface area contributed by atoms with Crippen LogP contribution < -0.4 is 4.90 Å². The first-order chi connectivity index (χ1) is 8.34. The van der Waals surface area contributed by atoms with Gasteiger partial charge in [-0.1, -0.05) is 0 Å². The summed E-state index contributed by atoms with van der Waals surface area (Å²) < 4.78 is 0.395. The number of rotatable bonds is 5. The van der Waals surface area contributed by atoms with Crippen LogP contribution in [0.1, 0.15) is 13.8 Å². The molecule has 18 heavy (non-hydrogen) atoms. The Labute approximate surface area is 112 Å². The van der Waals surface area contributed by atoms with Gasteiger partial charge in [-0.25, -0.2) is 0 Å². The number of hydrogen-bond donors (Lipinski definition) is 1. The number of aliphatic carboxylic acids is 1. The van der Waals surface area contributed by atoms with E-state index in [-0.39, 0.29) is 24.0 Å². The van der Waals surface area contributed by atoms with Crippen LogP contribution in [0.4, 0.5) is 11.4 Å². The minimum atomic E-state index is -1.05. The smallest absolute Gasteiger partial charge is 0.323 e. The largest absolute Gasteiger partial charge is 0.480 e. The first kappa shape index (κ1) is 14.4. The quantitative estimate of drug-likeness (QED) is 0.659. The van der Waals surface area contributed by atoms with E-state index < -0.39 is 10.9 Å². The molecular formula is C10H12BrN3O4. The van der Waals surface area contributed by atoms with Gasteiger partial charge in [-0.3, -0.25) is 19.9 Å². The highest BCUT2D eigenvalue weighted by molar-refractivity contribution is 9.10. The Morgan fingerprint density at radius 2 is 2.22 bits per heavy atom. The minimum absolute atomic E-state index is 0.196. The van der Waals surface area contributed by atoms with Gasteiger partial charge >= 0.3 is 11.7 Å². The van der Waals surface area contributed by atoms with Crippen molar-refractivity contribution in [1.82, 2.24) is 4.98 Å². The van der Waals surface area contributed by atoms with E-state index in [1.165, 1.54) is 11.1 Å². The molecule has 98 valence electrons. The zero-order valence-corrected chi connectivity index (χ0v) is 11.4.